The lowest BCUT2D eigenvalue weighted by atomic mass is 9.97. The highest BCUT2D eigenvalue weighted by molar-refractivity contribution is 7.89. The average Bonchev–Trinajstić information content (AvgIpc) is 2.72. The number of nitrogens with zero attached hydrogens (tertiary/aromatic N) is 1. The first kappa shape index (κ1) is 24.6. The molecule has 1 aromatic carbocycles. The largest absolute Gasteiger partial charge is 0.495 e. The van der Waals surface area contributed by atoms with Crippen LogP contribution in [0.5, 0.6) is 5.75 Å². The van der Waals surface area contributed by atoms with Gasteiger partial charge in [0.15, 0.2) is 0 Å². The first-order valence-corrected chi connectivity index (χ1v) is 12.2. The molecule has 7 nitrogen and oxygen atoms in total. The van der Waals surface area contributed by atoms with Crippen LogP contribution in [0.2, 0.25) is 0 Å². The summed E-state index contributed by atoms with van der Waals surface area (Å²) in [6.07, 6.45) is 1.98. The van der Waals surface area contributed by atoms with Crippen LogP contribution >= 0.6 is 0 Å². The molecule has 0 radical (unpaired) electrons. The van der Waals surface area contributed by atoms with Gasteiger partial charge in [0, 0.05) is 32.2 Å². The highest BCUT2D eigenvalue weighted by Crippen LogP contribution is 2.32. The molecule has 8 heteroatoms. The number of carbonyl (C=O) groups excluding carboxylic acids is 1. The molecule has 0 saturated carbocycles. The molecule has 1 aromatic rings. The van der Waals surface area contributed by atoms with Gasteiger partial charge in [0.2, 0.25) is 15.9 Å². The summed E-state index contributed by atoms with van der Waals surface area (Å²) in [6.45, 7) is 9.85. The van der Waals surface area contributed by atoms with Crippen molar-refractivity contribution in [2.75, 3.05) is 33.4 Å². The molecule has 0 bridgehead atoms. The summed E-state index contributed by atoms with van der Waals surface area (Å²) in [5.74, 6) is 0.399. The average molecular weight is 441 g/mol. The molecule has 1 amide bonds. The number of rotatable bonds is 10. The zero-order valence-electron chi connectivity index (χ0n) is 18.8. The third-order valence-electron chi connectivity index (χ3n) is 5.37. The molecule has 0 unspecified atom stereocenters. The van der Waals surface area contributed by atoms with E-state index in [0.29, 0.717) is 44.8 Å². The van der Waals surface area contributed by atoms with Gasteiger partial charge in [-0.15, -0.1) is 0 Å². The first-order chi connectivity index (χ1) is 14.2. The van der Waals surface area contributed by atoms with Gasteiger partial charge >= 0.3 is 0 Å². The normalized spacial score (nSPS) is 16.2. The van der Waals surface area contributed by atoms with Crippen LogP contribution in [-0.4, -0.2) is 58.1 Å². The van der Waals surface area contributed by atoms with E-state index in [-0.39, 0.29) is 28.7 Å². The van der Waals surface area contributed by atoms with Gasteiger partial charge in [0.1, 0.15) is 10.6 Å². The van der Waals surface area contributed by atoms with Crippen molar-refractivity contribution in [1.82, 2.24) is 9.62 Å². The lowest BCUT2D eigenvalue weighted by Crippen LogP contribution is -2.43. The number of methoxy groups -OCH3 is 1. The summed E-state index contributed by atoms with van der Waals surface area (Å²) >= 11 is 0. The van der Waals surface area contributed by atoms with Gasteiger partial charge in [-0.3, -0.25) is 4.79 Å². The Morgan fingerprint density at radius 2 is 1.87 bits per heavy atom. The number of benzene rings is 1. The van der Waals surface area contributed by atoms with Crippen molar-refractivity contribution >= 4 is 15.9 Å². The zero-order valence-corrected chi connectivity index (χ0v) is 19.6. The van der Waals surface area contributed by atoms with Crippen molar-refractivity contribution in [3.8, 4) is 5.75 Å². The van der Waals surface area contributed by atoms with E-state index in [0.717, 1.165) is 12.0 Å². The lowest BCUT2D eigenvalue weighted by Gasteiger charge is -2.31. The number of hydrogen-bond donors (Lipinski definition) is 1. The summed E-state index contributed by atoms with van der Waals surface area (Å²) in [5.41, 5.74) is 0.949. The van der Waals surface area contributed by atoms with Crippen molar-refractivity contribution in [3.05, 3.63) is 23.8 Å². The van der Waals surface area contributed by atoms with Crippen LogP contribution < -0.4 is 10.1 Å². The van der Waals surface area contributed by atoms with E-state index in [1.165, 1.54) is 11.4 Å². The van der Waals surface area contributed by atoms with Crippen LogP contribution in [0.3, 0.4) is 0 Å². The monoisotopic (exact) mass is 440 g/mol. The number of piperidine rings is 1. The molecule has 0 aromatic heterocycles. The minimum absolute atomic E-state index is 0.00372. The maximum Gasteiger partial charge on any atom is 0.246 e. The molecule has 1 aliphatic rings. The minimum Gasteiger partial charge on any atom is -0.495 e. The topological polar surface area (TPSA) is 84.9 Å². The van der Waals surface area contributed by atoms with Gasteiger partial charge in [-0.1, -0.05) is 19.9 Å². The molecule has 1 heterocycles. The van der Waals surface area contributed by atoms with E-state index in [4.69, 9.17) is 9.47 Å². The van der Waals surface area contributed by atoms with Crippen molar-refractivity contribution in [1.29, 1.82) is 0 Å². The van der Waals surface area contributed by atoms with Crippen LogP contribution in [0.25, 0.3) is 0 Å². The van der Waals surface area contributed by atoms with E-state index in [2.05, 4.69) is 5.32 Å². The lowest BCUT2D eigenvalue weighted by molar-refractivity contribution is -0.126. The molecule has 0 atom stereocenters. The maximum absolute atomic E-state index is 13.2. The fraction of sp³-hybridized carbons (Fsp3) is 0.682. The molecule has 170 valence electrons. The molecular weight excluding hydrogens is 404 g/mol. The molecule has 1 fully saturated rings. The first-order valence-electron chi connectivity index (χ1n) is 10.7. The van der Waals surface area contributed by atoms with Crippen LogP contribution in [-0.2, 0) is 19.6 Å². The van der Waals surface area contributed by atoms with Crippen molar-refractivity contribution in [2.45, 2.75) is 63.9 Å². The Morgan fingerprint density at radius 3 is 2.43 bits per heavy atom. The number of amides is 1. The van der Waals surface area contributed by atoms with Crippen molar-refractivity contribution < 1.29 is 22.7 Å². The van der Waals surface area contributed by atoms with E-state index in [1.807, 2.05) is 33.8 Å². The fourth-order valence-electron chi connectivity index (χ4n) is 3.50. The third kappa shape index (κ3) is 6.43. The summed E-state index contributed by atoms with van der Waals surface area (Å²) in [4.78, 5) is 12.6. The quantitative estimate of drug-likeness (QED) is 0.565. The van der Waals surface area contributed by atoms with Crippen LogP contribution in [0.15, 0.2) is 23.1 Å². The number of carbonyl (C=O) groups is 1. The molecule has 1 N–H and O–H groups in total. The SMILES string of the molecule is COc1ccc(C(C)C)cc1S(=O)(=O)N1CCC(C(=O)NCCCOC(C)C)CC1. The summed E-state index contributed by atoms with van der Waals surface area (Å²) in [7, 11) is -2.20. The molecule has 30 heavy (non-hydrogen) atoms. The maximum atomic E-state index is 13.2. The number of sulfonamides is 1. The second-order valence-corrected chi connectivity index (χ2v) is 10.2. The van der Waals surface area contributed by atoms with Crippen LogP contribution in [0, 0.1) is 5.92 Å². The standard InChI is InChI=1S/C22H36N2O5S/c1-16(2)19-7-8-20(28-5)21(15-19)30(26,27)24-12-9-18(10-13-24)22(25)23-11-6-14-29-17(3)4/h7-8,15-18H,6,9-14H2,1-5H3,(H,23,25). The second kappa shape index (κ2) is 11.1. The van der Waals surface area contributed by atoms with Crippen LogP contribution in [0.1, 0.15) is 58.4 Å². The molecule has 2 rings (SSSR count). The van der Waals surface area contributed by atoms with E-state index in [9.17, 15) is 13.2 Å². The van der Waals surface area contributed by atoms with E-state index < -0.39 is 10.0 Å². The summed E-state index contributed by atoms with van der Waals surface area (Å²) in [5, 5.41) is 2.94. The van der Waals surface area contributed by atoms with Crippen LogP contribution in [0.4, 0.5) is 0 Å². The molecule has 0 aliphatic carbocycles. The fourth-order valence-corrected chi connectivity index (χ4v) is 5.16. The summed E-state index contributed by atoms with van der Waals surface area (Å²) < 4.78 is 38.7. The Hall–Kier alpha value is -1.64. The highest BCUT2D eigenvalue weighted by atomic mass is 32.2. The van der Waals surface area contributed by atoms with Gasteiger partial charge in [-0.25, -0.2) is 8.42 Å². The highest BCUT2D eigenvalue weighted by Gasteiger charge is 2.33. The third-order valence-corrected chi connectivity index (χ3v) is 7.29. The Morgan fingerprint density at radius 1 is 1.20 bits per heavy atom. The Kier molecular flexibility index (Phi) is 9.12. The number of hydrogen-bond acceptors (Lipinski definition) is 5. The predicted octanol–water partition coefficient (Wildman–Crippen LogP) is 3.15. The smallest absolute Gasteiger partial charge is 0.246 e. The van der Waals surface area contributed by atoms with E-state index in [1.54, 1.807) is 12.1 Å². The predicted molar refractivity (Wildman–Crippen MR) is 117 cm³/mol. The Labute approximate surface area is 181 Å². The molecular formula is C22H36N2O5S. The Bertz CT molecular complexity index is 800. The second-order valence-electron chi connectivity index (χ2n) is 8.31. The van der Waals surface area contributed by atoms with Gasteiger partial charge < -0.3 is 14.8 Å². The van der Waals surface area contributed by atoms with Crippen molar-refractivity contribution in [3.63, 3.8) is 0 Å². The molecule has 1 saturated heterocycles. The molecule has 0 spiro atoms. The van der Waals surface area contributed by atoms with Crippen molar-refractivity contribution in [2.24, 2.45) is 5.92 Å². The summed E-state index contributed by atoms with van der Waals surface area (Å²) in [6, 6.07) is 5.31. The van der Waals surface area contributed by atoms with E-state index >= 15 is 0 Å². The van der Waals surface area contributed by atoms with Gasteiger partial charge in [-0.05, 0) is 56.7 Å². The number of nitrogens with one attached hydrogen (secondary N) is 1. The number of ether oxygens (including phenoxy) is 2. The zero-order chi connectivity index (χ0) is 22.3. The van der Waals surface area contributed by atoms with Gasteiger partial charge in [0.05, 0.1) is 13.2 Å². The van der Waals surface area contributed by atoms with Gasteiger partial charge in [-0.2, -0.15) is 4.31 Å². The molecule has 1 aliphatic heterocycles. The minimum atomic E-state index is -3.68. The Balaban J connectivity index is 1.95. The van der Waals surface area contributed by atoms with Gasteiger partial charge in [0.25, 0.3) is 0 Å².